The molecule has 2 atom stereocenters. The van der Waals surface area contributed by atoms with Gasteiger partial charge in [-0.2, -0.15) is 0 Å². The summed E-state index contributed by atoms with van der Waals surface area (Å²) in [5.41, 5.74) is 0.544. The first kappa shape index (κ1) is 16.1. The van der Waals surface area contributed by atoms with Crippen LogP contribution in [-0.2, 0) is 9.47 Å². The maximum Gasteiger partial charge on any atom is 0.255 e. The number of hydrogen-bond acceptors (Lipinski definition) is 4. The molecule has 0 radical (unpaired) electrons. The Kier molecular flexibility index (Phi) is 5.08. The molecular weight excluding hydrogens is 292 g/mol. The number of pyridine rings is 1. The predicted molar refractivity (Wildman–Crippen MR) is 87.2 cm³/mol. The number of nitrogens with zero attached hydrogens (tertiary/aromatic N) is 2. The van der Waals surface area contributed by atoms with E-state index < -0.39 is 0 Å². The van der Waals surface area contributed by atoms with E-state index >= 15 is 0 Å². The van der Waals surface area contributed by atoms with Crippen molar-refractivity contribution in [2.24, 2.45) is 5.41 Å². The van der Waals surface area contributed by atoms with E-state index in [4.69, 9.17) is 9.47 Å². The highest BCUT2D eigenvalue weighted by molar-refractivity contribution is 5.94. The quantitative estimate of drug-likeness (QED) is 0.618. The van der Waals surface area contributed by atoms with Crippen molar-refractivity contribution in [3.8, 4) is 0 Å². The van der Waals surface area contributed by atoms with Crippen LogP contribution in [0.25, 0.3) is 0 Å². The Labute approximate surface area is 137 Å². The van der Waals surface area contributed by atoms with Crippen LogP contribution in [0.15, 0.2) is 37.2 Å². The van der Waals surface area contributed by atoms with E-state index in [2.05, 4.69) is 11.6 Å². The molecule has 3 heterocycles. The van der Waals surface area contributed by atoms with Gasteiger partial charge in [0.2, 0.25) is 0 Å². The van der Waals surface area contributed by atoms with E-state index in [1.54, 1.807) is 24.5 Å². The summed E-state index contributed by atoms with van der Waals surface area (Å²) in [7, 11) is 0. The third-order valence-electron chi connectivity index (χ3n) is 4.81. The molecule has 0 aliphatic carbocycles. The van der Waals surface area contributed by atoms with Crippen LogP contribution in [0.5, 0.6) is 0 Å². The van der Waals surface area contributed by atoms with Crippen molar-refractivity contribution in [2.75, 3.05) is 32.9 Å². The molecule has 0 saturated carbocycles. The molecule has 3 rings (SSSR count). The highest BCUT2D eigenvalue weighted by atomic mass is 16.5. The summed E-state index contributed by atoms with van der Waals surface area (Å²) in [6.07, 6.45) is 8.17. The first-order valence-corrected chi connectivity index (χ1v) is 8.25. The van der Waals surface area contributed by atoms with E-state index in [-0.39, 0.29) is 17.4 Å². The molecular formula is C18H24N2O3. The Morgan fingerprint density at radius 2 is 2.52 bits per heavy atom. The second-order valence-corrected chi connectivity index (χ2v) is 6.39. The lowest BCUT2D eigenvalue weighted by molar-refractivity contribution is -0.144. The Bertz CT molecular complexity index is 548. The number of ether oxygens (including phenoxy) is 2. The van der Waals surface area contributed by atoms with E-state index in [1.807, 2.05) is 11.0 Å². The van der Waals surface area contributed by atoms with Gasteiger partial charge in [0.1, 0.15) is 0 Å². The van der Waals surface area contributed by atoms with Gasteiger partial charge in [-0.1, -0.05) is 6.08 Å². The molecule has 23 heavy (non-hydrogen) atoms. The summed E-state index contributed by atoms with van der Waals surface area (Å²) in [5.74, 6) is 0.0465. The van der Waals surface area contributed by atoms with Crippen LogP contribution < -0.4 is 0 Å². The number of rotatable bonds is 5. The van der Waals surface area contributed by atoms with Crippen LogP contribution >= 0.6 is 0 Å². The zero-order valence-corrected chi connectivity index (χ0v) is 13.4. The Morgan fingerprint density at radius 1 is 1.61 bits per heavy atom. The third kappa shape index (κ3) is 3.46. The topological polar surface area (TPSA) is 51.7 Å². The fraction of sp³-hybridized carbons (Fsp3) is 0.556. The van der Waals surface area contributed by atoms with Crippen LogP contribution in [0.4, 0.5) is 0 Å². The van der Waals surface area contributed by atoms with Gasteiger partial charge < -0.3 is 14.4 Å². The van der Waals surface area contributed by atoms with Crippen molar-refractivity contribution in [1.29, 1.82) is 0 Å². The second kappa shape index (κ2) is 7.23. The number of hydrogen-bond donors (Lipinski definition) is 0. The largest absolute Gasteiger partial charge is 0.377 e. The van der Waals surface area contributed by atoms with Gasteiger partial charge in [-0.05, 0) is 31.4 Å². The third-order valence-corrected chi connectivity index (χ3v) is 4.81. The van der Waals surface area contributed by atoms with Crippen molar-refractivity contribution in [2.45, 2.75) is 25.4 Å². The van der Waals surface area contributed by atoms with Gasteiger partial charge in [0.25, 0.3) is 5.91 Å². The molecule has 2 aliphatic rings. The highest BCUT2D eigenvalue weighted by Gasteiger charge is 2.47. The first-order valence-electron chi connectivity index (χ1n) is 8.25. The Balaban J connectivity index is 1.75. The number of piperidine rings is 1. The van der Waals surface area contributed by atoms with Gasteiger partial charge in [-0.25, -0.2) is 0 Å². The van der Waals surface area contributed by atoms with E-state index in [1.165, 1.54) is 0 Å². The van der Waals surface area contributed by atoms with Crippen molar-refractivity contribution in [3.05, 3.63) is 42.7 Å². The number of carbonyl (C=O) groups excluding carboxylic acids is 1. The zero-order chi connectivity index (χ0) is 16.1. The van der Waals surface area contributed by atoms with Crippen molar-refractivity contribution >= 4 is 5.91 Å². The van der Waals surface area contributed by atoms with Crippen LogP contribution in [0.1, 0.15) is 29.6 Å². The van der Waals surface area contributed by atoms with E-state index in [0.29, 0.717) is 25.3 Å². The summed E-state index contributed by atoms with van der Waals surface area (Å²) in [6.45, 7) is 7.06. The first-order chi connectivity index (χ1) is 11.2. The molecule has 2 aliphatic heterocycles. The van der Waals surface area contributed by atoms with E-state index in [0.717, 1.165) is 32.4 Å². The molecule has 0 unspecified atom stereocenters. The van der Waals surface area contributed by atoms with E-state index in [9.17, 15) is 4.79 Å². The van der Waals surface area contributed by atoms with Crippen molar-refractivity contribution in [3.63, 3.8) is 0 Å². The van der Waals surface area contributed by atoms with Gasteiger partial charge in [-0.15, -0.1) is 6.58 Å². The van der Waals surface area contributed by atoms with Gasteiger partial charge in [-0.3, -0.25) is 9.78 Å². The van der Waals surface area contributed by atoms with Crippen LogP contribution in [0.3, 0.4) is 0 Å². The fourth-order valence-electron chi connectivity index (χ4n) is 3.69. The summed E-state index contributed by atoms with van der Waals surface area (Å²) in [6, 6.07) is 3.62. The molecule has 1 amide bonds. The van der Waals surface area contributed by atoms with Crippen LogP contribution in [-0.4, -0.2) is 54.8 Å². The predicted octanol–water partition coefficient (Wildman–Crippen LogP) is 2.30. The SMILES string of the molecule is C=CCOC[C@]12CCCO[C@H]1CCN(C(=O)c1cccnc1)C2. The molecule has 5 nitrogen and oxygen atoms in total. The zero-order valence-electron chi connectivity index (χ0n) is 13.4. The molecule has 0 N–H and O–H groups in total. The van der Waals surface area contributed by atoms with Gasteiger partial charge in [0.05, 0.1) is 24.9 Å². The normalized spacial score (nSPS) is 27.3. The monoisotopic (exact) mass is 316 g/mol. The lowest BCUT2D eigenvalue weighted by Crippen LogP contribution is -2.58. The van der Waals surface area contributed by atoms with Gasteiger partial charge in [0.15, 0.2) is 0 Å². The number of likely N-dealkylation sites (tertiary alicyclic amines) is 1. The molecule has 0 bridgehead atoms. The lowest BCUT2D eigenvalue weighted by Gasteiger charge is -2.50. The maximum absolute atomic E-state index is 12.7. The molecule has 5 heteroatoms. The maximum atomic E-state index is 12.7. The smallest absolute Gasteiger partial charge is 0.255 e. The second-order valence-electron chi connectivity index (χ2n) is 6.39. The van der Waals surface area contributed by atoms with Crippen LogP contribution in [0.2, 0.25) is 0 Å². The average molecular weight is 316 g/mol. The van der Waals surface area contributed by atoms with Gasteiger partial charge in [0, 0.05) is 37.5 Å². The van der Waals surface area contributed by atoms with Crippen LogP contribution in [0, 0.1) is 5.41 Å². The molecule has 0 aromatic carbocycles. The number of aromatic nitrogens is 1. The summed E-state index contributed by atoms with van der Waals surface area (Å²) in [5, 5.41) is 0. The number of fused-ring (bicyclic) bond motifs is 1. The number of amides is 1. The summed E-state index contributed by atoms with van der Waals surface area (Å²) in [4.78, 5) is 18.7. The molecule has 2 saturated heterocycles. The van der Waals surface area contributed by atoms with Crippen molar-refractivity contribution in [1.82, 2.24) is 9.88 Å². The van der Waals surface area contributed by atoms with Crippen molar-refractivity contribution < 1.29 is 14.3 Å². The molecule has 124 valence electrons. The molecule has 1 aromatic heterocycles. The standard InChI is InChI=1S/C18H24N2O3/c1-2-10-22-14-18-7-4-11-23-16(18)6-9-20(13-18)17(21)15-5-3-8-19-12-15/h2-3,5,8,12,16H,1,4,6-7,9-11,13-14H2/t16-,18+/m0/s1. The molecule has 1 aromatic rings. The summed E-state index contributed by atoms with van der Waals surface area (Å²) >= 11 is 0. The Hall–Kier alpha value is -1.72. The summed E-state index contributed by atoms with van der Waals surface area (Å²) < 4.78 is 11.8. The number of carbonyl (C=O) groups is 1. The molecule has 2 fully saturated rings. The minimum absolute atomic E-state index is 0.0465. The van der Waals surface area contributed by atoms with Gasteiger partial charge >= 0.3 is 0 Å². The average Bonchev–Trinajstić information content (AvgIpc) is 2.61. The Morgan fingerprint density at radius 3 is 3.30 bits per heavy atom. The lowest BCUT2D eigenvalue weighted by atomic mass is 9.73. The fourth-order valence-corrected chi connectivity index (χ4v) is 3.69. The minimum atomic E-state index is -0.0998. The minimum Gasteiger partial charge on any atom is -0.377 e. The highest BCUT2D eigenvalue weighted by Crippen LogP contribution is 2.40. The molecule has 0 spiro atoms.